The third-order valence-electron chi connectivity index (χ3n) is 7.30. The van der Waals surface area contributed by atoms with E-state index >= 15 is 4.39 Å². The first kappa shape index (κ1) is 26.8. The maximum Gasteiger partial charge on any atom is 0.335 e. The van der Waals surface area contributed by atoms with Crippen molar-refractivity contribution in [1.29, 1.82) is 0 Å². The second-order valence-corrected chi connectivity index (χ2v) is 10.0. The highest BCUT2D eigenvalue weighted by Gasteiger charge is 2.21. The second kappa shape index (κ2) is 10.9. The van der Waals surface area contributed by atoms with Gasteiger partial charge in [-0.15, -0.1) is 5.10 Å². The zero-order chi connectivity index (χ0) is 29.4. The molecule has 0 saturated heterocycles. The summed E-state index contributed by atoms with van der Waals surface area (Å²) in [6.07, 6.45) is 0. The standard InChI is InChI=1S/C33H24F2N4O3/c1-19(20-6-9-23(10-7-20)33(41)42)36-32(40)28-16-25(21-12-14-26(34)15-13-21)17-29-31(28)39(38-37-29)18-24-11-8-22-4-2-3-5-27(22)30(24)35/h2-17,19H,18H2,1H3,(H,36,40)(H,41,42)/t19-/m0/s1. The van der Waals surface area contributed by atoms with Gasteiger partial charge in [-0.3, -0.25) is 4.79 Å². The number of nitrogens with one attached hydrogen (secondary N) is 1. The Morgan fingerprint density at radius 3 is 2.38 bits per heavy atom. The normalized spacial score (nSPS) is 12.0. The zero-order valence-corrected chi connectivity index (χ0v) is 22.4. The Balaban J connectivity index is 1.41. The van der Waals surface area contributed by atoms with Gasteiger partial charge < -0.3 is 10.4 Å². The Labute approximate surface area is 239 Å². The van der Waals surface area contributed by atoms with Crippen LogP contribution < -0.4 is 5.32 Å². The fraction of sp³-hybridized carbons (Fsp3) is 0.0909. The average molecular weight is 563 g/mol. The lowest BCUT2D eigenvalue weighted by atomic mass is 10.00. The number of carboxylic acids is 1. The van der Waals surface area contributed by atoms with Gasteiger partial charge in [-0.1, -0.05) is 65.9 Å². The summed E-state index contributed by atoms with van der Waals surface area (Å²) < 4.78 is 30.6. The first-order chi connectivity index (χ1) is 20.3. The molecule has 42 heavy (non-hydrogen) atoms. The number of benzene rings is 5. The Morgan fingerprint density at radius 2 is 1.64 bits per heavy atom. The topological polar surface area (TPSA) is 97.1 Å². The molecule has 6 aromatic rings. The van der Waals surface area contributed by atoms with Gasteiger partial charge in [0.1, 0.15) is 22.7 Å². The van der Waals surface area contributed by atoms with Gasteiger partial charge in [-0.05, 0) is 65.4 Å². The van der Waals surface area contributed by atoms with Gasteiger partial charge in [0.15, 0.2) is 0 Å². The minimum Gasteiger partial charge on any atom is -0.478 e. The SMILES string of the molecule is C[C@H](NC(=O)c1cc(-c2ccc(F)cc2)cc2nnn(Cc3ccc4ccccc4c3F)c12)c1ccc(C(=O)O)cc1. The number of amides is 1. The fourth-order valence-corrected chi connectivity index (χ4v) is 5.04. The summed E-state index contributed by atoms with van der Waals surface area (Å²) in [5.41, 5.74) is 3.65. The van der Waals surface area contributed by atoms with Crippen LogP contribution in [0.5, 0.6) is 0 Å². The predicted octanol–water partition coefficient (Wildman–Crippen LogP) is 6.77. The van der Waals surface area contributed by atoms with Crippen molar-refractivity contribution >= 4 is 33.7 Å². The van der Waals surface area contributed by atoms with Crippen LogP contribution in [0.15, 0.2) is 97.1 Å². The van der Waals surface area contributed by atoms with Crippen molar-refractivity contribution in [2.75, 3.05) is 0 Å². The summed E-state index contributed by atoms with van der Waals surface area (Å²) in [5, 5.41) is 22.0. The molecule has 208 valence electrons. The third kappa shape index (κ3) is 5.08. The van der Waals surface area contributed by atoms with E-state index < -0.39 is 17.9 Å². The van der Waals surface area contributed by atoms with Gasteiger partial charge in [0.25, 0.3) is 5.91 Å². The smallest absolute Gasteiger partial charge is 0.335 e. The molecule has 1 amide bonds. The minimum atomic E-state index is -1.04. The van der Waals surface area contributed by atoms with Crippen LogP contribution >= 0.6 is 0 Å². The highest BCUT2D eigenvalue weighted by atomic mass is 19.1. The molecule has 0 aliphatic heterocycles. The molecule has 6 rings (SSSR count). The molecule has 7 nitrogen and oxygen atoms in total. The van der Waals surface area contributed by atoms with Crippen LogP contribution in [-0.2, 0) is 6.54 Å². The van der Waals surface area contributed by atoms with Crippen LogP contribution in [-0.4, -0.2) is 32.0 Å². The number of carbonyl (C=O) groups excluding carboxylic acids is 1. The van der Waals surface area contributed by atoms with E-state index in [1.165, 1.54) is 28.9 Å². The Morgan fingerprint density at radius 1 is 0.905 bits per heavy atom. The molecule has 1 atom stereocenters. The number of hydrogen-bond donors (Lipinski definition) is 2. The fourth-order valence-electron chi connectivity index (χ4n) is 5.04. The highest BCUT2D eigenvalue weighted by molar-refractivity contribution is 6.06. The van der Waals surface area contributed by atoms with Crippen molar-refractivity contribution in [3.63, 3.8) is 0 Å². The quantitative estimate of drug-likeness (QED) is 0.224. The lowest BCUT2D eigenvalue weighted by Crippen LogP contribution is -2.27. The first-order valence-electron chi connectivity index (χ1n) is 13.2. The largest absolute Gasteiger partial charge is 0.478 e. The average Bonchev–Trinajstić information content (AvgIpc) is 3.41. The number of hydrogen-bond acceptors (Lipinski definition) is 4. The van der Waals surface area contributed by atoms with Crippen LogP contribution in [0.3, 0.4) is 0 Å². The third-order valence-corrected chi connectivity index (χ3v) is 7.30. The summed E-state index contributed by atoms with van der Waals surface area (Å²) in [4.78, 5) is 25.0. The minimum absolute atomic E-state index is 0.0372. The molecule has 2 N–H and O–H groups in total. The maximum absolute atomic E-state index is 15.5. The monoisotopic (exact) mass is 562 g/mol. The van der Waals surface area contributed by atoms with Crippen molar-refractivity contribution in [2.45, 2.75) is 19.5 Å². The number of aromatic nitrogens is 3. The lowest BCUT2D eigenvalue weighted by Gasteiger charge is -2.16. The van der Waals surface area contributed by atoms with Gasteiger partial charge in [-0.2, -0.15) is 0 Å². The number of carbonyl (C=O) groups is 2. The van der Waals surface area contributed by atoms with Crippen molar-refractivity contribution in [2.24, 2.45) is 0 Å². The van der Waals surface area contributed by atoms with Crippen LogP contribution in [0.4, 0.5) is 8.78 Å². The molecular formula is C33H24F2N4O3. The molecule has 0 fully saturated rings. The molecule has 0 spiro atoms. The second-order valence-electron chi connectivity index (χ2n) is 10.0. The van der Waals surface area contributed by atoms with E-state index in [1.807, 2.05) is 18.2 Å². The molecular weight excluding hydrogens is 538 g/mol. The molecule has 0 unspecified atom stereocenters. The van der Waals surface area contributed by atoms with Gasteiger partial charge in [-0.25, -0.2) is 18.3 Å². The first-order valence-corrected chi connectivity index (χ1v) is 13.2. The molecule has 1 heterocycles. The number of fused-ring (bicyclic) bond motifs is 2. The number of halogens is 2. The van der Waals surface area contributed by atoms with Crippen molar-refractivity contribution in [3.05, 3.63) is 131 Å². The Hall–Kier alpha value is -5.44. The molecule has 5 aromatic carbocycles. The van der Waals surface area contributed by atoms with Crippen LogP contribution in [0.25, 0.3) is 32.9 Å². The molecule has 0 saturated carbocycles. The highest BCUT2D eigenvalue weighted by Crippen LogP contribution is 2.29. The van der Waals surface area contributed by atoms with E-state index in [4.69, 9.17) is 0 Å². The number of nitrogens with zero attached hydrogens (tertiary/aromatic N) is 3. The van der Waals surface area contributed by atoms with Crippen LogP contribution in [0.2, 0.25) is 0 Å². The molecule has 0 aliphatic rings. The summed E-state index contributed by atoms with van der Waals surface area (Å²) in [6, 6.07) is 25.8. The van der Waals surface area contributed by atoms with Crippen molar-refractivity contribution in [3.8, 4) is 11.1 Å². The molecule has 0 aliphatic carbocycles. The number of aromatic carboxylic acids is 1. The molecule has 1 aromatic heterocycles. The van der Waals surface area contributed by atoms with Gasteiger partial charge in [0, 0.05) is 10.9 Å². The zero-order valence-electron chi connectivity index (χ0n) is 22.4. The van der Waals surface area contributed by atoms with Crippen LogP contribution in [0.1, 0.15) is 44.8 Å². The van der Waals surface area contributed by atoms with E-state index in [0.717, 1.165) is 5.39 Å². The molecule has 9 heteroatoms. The van der Waals surface area contributed by atoms with Gasteiger partial charge in [0.2, 0.25) is 0 Å². The van der Waals surface area contributed by atoms with E-state index in [1.54, 1.807) is 61.5 Å². The van der Waals surface area contributed by atoms with Gasteiger partial charge in [0.05, 0.1) is 23.7 Å². The number of carboxylic acid groups (broad SMARTS) is 1. The van der Waals surface area contributed by atoms with E-state index in [-0.39, 0.29) is 29.3 Å². The van der Waals surface area contributed by atoms with Crippen molar-refractivity contribution in [1.82, 2.24) is 20.3 Å². The summed E-state index contributed by atoms with van der Waals surface area (Å²) in [6.45, 7) is 1.82. The summed E-state index contributed by atoms with van der Waals surface area (Å²) in [5.74, 6) is -2.23. The summed E-state index contributed by atoms with van der Waals surface area (Å²) in [7, 11) is 0. The van der Waals surface area contributed by atoms with Crippen molar-refractivity contribution < 1.29 is 23.5 Å². The maximum atomic E-state index is 15.5. The van der Waals surface area contributed by atoms with E-state index in [0.29, 0.717) is 38.7 Å². The Bertz CT molecular complexity index is 1970. The summed E-state index contributed by atoms with van der Waals surface area (Å²) >= 11 is 0. The molecule has 0 radical (unpaired) electrons. The van der Waals surface area contributed by atoms with Gasteiger partial charge >= 0.3 is 5.97 Å². The predicted molar refractivity (Wildman–Crippen MR) is 155 cm³/mol. The number of rotatable bonds is 7. The lowest BCUT2D eigenvalue weighted by molar-refractivity contribution is 0.0696. The van der Waals surface area contributed by atoms with E-state index in [2.05, 4.69) is 15.6 Å². The van der Waals surface area contributed by atoms with E-state index in [9.17, 15) is 19.1 Å². The Kier molecular flexibility index (Phi) is 6.92. The molecule has 0 bridgehead atoms. The van der Waals surface area contributed by atoms with Crippen LogP contribution in [0, 0.1) is 11.6 Å².